The van der Waals surface area contributed by atoms with Crippen molar-refractivity contribution in [1.29, 1.82) is 0 Å². The summed E-state index contributed by atoms with van der Waals surface area (Å²) in [4.78, 5) is 12.3. The third kappa shape index (κ3) is 4.50. The van der Waals surface area contributed by atoms with Crippen LogP contribution in [0.5, 0.6) is 0 Å². The number of carbonyl (C=O) groups excluding carboxylic acids is 1. The summed E-state index contributed by atoms with van der Waals surface area (Å²) >= 11 is 0. The molecule has 0 aromatic heterocycles. The van der Waals surface area contributed by atoms with Crippen molar-refractivity contribution in [2.24, 2.45) is 0 Å². The van der Waals surface area contributed by atoms with Crippen LogP contribution < -0.4 is 9.62 Å². The molecule has 1 unspecified atom stereocenters. The molecule has 1 atom stereocenters. The molecule has 0 aliphatic heterocycles. The van der Waals surface area contributed by atoms with E-state index in [2.05, 4.69) is 5.32 Å². The van der Waals surface area contributed by atoms with Gasteiger partial charge in [-0.3, -0.25) is 9.10 Å². The van der Waals surface area contributed by atoms with Crippen molar-refractivity contribution >= 4 is 27.3 Å². The van der Waals surface area contributed by atoms with Gasteiger partial charge in [-0.05, 0) is 43.3 Å². The largest absolute Gasteiger partial charge is 0.324 e. The van der Waals surface area contributed by atoms with E-state index in [1.54, 1.807) is 0 Å². The normalized spacial score (nSPS) is 12.5. The quantitative estimate of drug-likeness (QED) is 0.878. The molecule has 1 amide bonds. The van der Waals surface area contributed by atoms with Crippen LogP contribution in [0.3, 0.4) is 0 Å². The molecule has 2 rings (SSSR count). The molecule has 0 bridgehead atoms. The fourth-order valence-electron chi connectivity index (χ4n) is 2.21. The van der Waals surface area contributed by atoms with Crippen molar-refractivity contribution in [3.05, 3.63) is 59.9 Å². The Morgan fingerprint density at radius 3 is 2.16 bits per heavy atom. The van der Waals surface area contributed by atoms with E-state index in [0.717, 1.165) is 30.5 Å². The lowest BCUT2D eigenvalue weighted by molar-refractivity contribution is -0.116. The Kier molecular flexibility index (Phi) is 5.36. The first-order valence-corrected chi connectivity index (χ1v) is 8.95. The number of nitrogens with zero attached hydrogens (tertiary/aromatic N) is 1. The summed E-state index contributed by atoms with van der Waals surface area (Å²) in [7, 11) is -3.97. The lowest BCUT2D eigenvalue weighted by Gasteiger charge is -2.28. The van der Waals surface area contributed by atoms with E-state index in [9.17, 15) is 26.4 Å². The van der Waals surface area contributed by atoms with E-state index in [1.165, 1.54) is 19.1 Å². The van der Waals surface area contributed by atoms with Gasteiger partial charge in [0, 0.05) is 11.8 Å². The highest BCUT2D eigenvalue weighted by molar-refractivity contribution is 7.92. The minimum absolute atomic E-state index is 0.192. The number of hydrogen-bond donors (Lipinski definition) is 1. The standard InChI is InChI=1S/C16H15F3N2O3S/c1-10(16(22)20-12-5-3-11(17)4-6-12)21(25(2,23)24)13-7-8-14(18)15(19)9-13/h3-10H,1-2H3,(H,20,22). The Bertz CT molecular complexity index is 886. The van der Waals surface area contributed by atoms with Crippen molar-refractivity contribution in [3.63, 3.8) is 0 Å². The van der Waals surface area contributed by atoms with Gasteiger partial charge in [-0.2, -0.15) is 0 Å². The zero-order valence-electron chi connectivity index (χ0n) is 13.3. The van der Waals surface area contributed by atoms with Gasteiger partial charge >= 0.3 is 0 Å². The van der Waals surface area contributed by atoms with Crippen LogP contribution in [-0.2, 0) is 14.8 Å². The minimum atomic E-state index is -3.97. The average Bonchev–Trinajstić information content (AvgIpc) is 2.51. The van der Waals surface area contributed by atoms with Crippen LogP contribution in [0.4, 0.5) is 24.5 Å². The highest BCUT2D eigenvalue weighted by Crippen LogP contribution is 2.23. The Morgan fingerprint density at radius 2 is 1.64 bits per heavy atom. The monoisotopic (exact) mass is 372 g/mol. The lowest BCUT2D eigenvalue weighted by atomic mass is 10.2. The van der Waals surface area contributed by atoms with Crippen LogP contribution in [0, 0.1) is 17.5 Å². The fourth-order valence-corrected chi connectivity index (χ4v) is 3.38. The van der Waals surface area contributed by atoms with Crippen LogP contribution in [0.25, 0.3) is 0 Å². The zero-order valence-corrected chi connectivity index (χ0v) is 14.1. The topological polar surface area (TPSA) is 66.5 Å². The zero-order chi connectivity index (χ0) is 18.8. The number of amides is 1. The van der Waals surface area contributed by atoms with E-state index in [1.807, 2.05) is 0 Å². The Balaban J connectivity index is 2.32. The maximum atomic E-state index is 13.4. The summed E-state index contributed by atoms with van der Waals surface area (Å²) in [5, 5.41) is 2.44. The Morgan fingerprint density at radius 1 is 1.04 bits per heavy atom. The number of nitrogens with one attached hydrogen (secondary N) is 1. The van der Waals surface area contributed by atoms with Crippen molar-refractivity contribution in [1.82, 2.24) is 0 Å². The Hall–Kier alpha value is -2.55. The molecule has 0 aliphatic rings. The van der Waals surface area contributed by atoms with Gasteiger partial charge in [0.15, 0.2) is 11.6 Å². The molecule has 0 radical (unpaired) electrons. The molecule has 0 aliphatic carbocycles. The summed E-state index contributed by atoms with van der Waals surface area (Å²) in [6.07, 6.45) is 0.843. The van der Waals surface area contributed by atoms with Gasteiger partial charge in [0.2, 0.25) is 15.9 Å². The molecular formula is C16H15F3N2O3S. The first-order chi connectivity index (χ1) is 11.6. The van der Waals surface area contributed by atoms with Crippen LogP contribution in [0.1, 0.15) is 6.92 Å². The Labute approximate surface area is 143 Å². The molecule has 0 fully saturated rings. The van der Waals surface area contributed by atoms with Gasteiger partial charge in [0.25, 0.3) is 0 Å². The second-order valence-corrected chi connectivity index (χ2v) is 7.19. The van der Waals surface area contributed by atoms with E-state index >= 15 is 0 Å². The summed E-state index contributed by atoms with van der Waals surface area (Å²) < 4.78 is 64.2. The predicted molar refractivity (Wildman–Crippen MR) is 88.2 cm³/mol. The van der Waals surface area contributed by atoms with Gasteiger partial charge in [-0.1, -0.05) is 0 Å². The van der Waals surface area contributed by atoms with Crippen molar-refractivity contribution < 1.29 is 26.4 Å². The van der Waals surface area contributed by atoms with E-state index in [-0.39, 0.29) is 11.4 Å². The molecule has 134 valence electrons. The summed E-state index contributed by atoms with van der Waals surface area (Å²) in [6.45, 7) is 1.29. The highest BCUT2D eigenvalue weighted by atomic mass is 32.2. The molecule has 25 heavy (non-hydrogen) atoms. The SMILES string of the molecule is CC(C(=O)Nc1ccc(F)cc1)N(c1ccc(F)c(F)c1)S(C)(=O)=O. The lowest BCUT2D eigenvalue weighted by Crippen LogP contribution is -2.45. The van der Waals surface area contributed by atoms with Crippen molar-refractivity contribution in [3.8, 4) is 0 Å². The van der Waals surface area contributed by atoms with Crippen LogP contribution in [0.15, 0.2) is 42.5 Å². The molecule has 0 spiro atoms. The second kappa shape index (κ2) is 7.14. The third-order valence-corrected chi connectivity index (χ3v) is 4.60. The van der Waals surface area contributed by atoms with Crippen LogP contribution >= 0.6 is 0 Å². The predicted octanol–water partition coefficient (Wildman–Crippen LogP) is 2.90. The minimum Gasteiger partial charge on any atom is -0.324 e. The van der Waals surface area contributed by atoms with Crippen molar-refractivity contribution in [2.75, 3.05) is 15.9 Å². The maximum Gasteiger partial charge on any atom is 0.247 e. The summed E-state index contributed by atoms with van der Waals surface area (Å²) in [5.41, 5.74) is 0.0696. The second-order valence-electron chi connectivity index (χ2n) is 5.33. The summed E-state index contributed by atoms with van der Waals surface area (Å²) in [5.74, 6) is -3.59. The number of carbonyl (C=O) groups is 1. The molecule has 9 heteroatoms. The van der Waals surface area contributed by atoms with Crippen LogP contribution in [-0.4, -0.2) is 26.6 Å². The number of halogens is 3. The maximum absolute atomic E-state index is 13.4. The highest BCUT2D eigenvalue weighted by Gasteiger charge is 2.29. The molecule has 0 saturated carbocycles. The van der Waals surface area contributed by atoms with Gasteiger partial charge in [0.05, 0.1) is 11.9 Å². The van der Waals surface area contributed by atoms with Gasteiger partial charge in [-0.25, -0.2) is 21.6 Å². The van der Waals surface area contributed by atoms with E-state index in [4.69, 9.17) is 0 Å². The molecule has 1 N–H and O–H groups in total. The van der Waals surface area contributed by atoms with Gasteiger partial charge in [0.1, 0.15) is 11.9 Å². The number of sulfonamides is 1. The van der Waals surface area contributed by atoms with E-state index in [0.29, 0.717) is 10.4 Å². The fraction of sp³-hybridized carbons (Fsp3) is 0.188. The van der Waals surface area contributed by atoms with Gasteiger partial charge < -0.3 is 5.32 Å². The molecular weight excluding hydrogens is 357 g/mol. The van der Waals surface area contributed by atoms with Crippen LogP contribution in [0.2, 0.25) is 0 Å². The van der Waals surface area contributed by atoms with E-state index < -0.39 is 39.4 Å². The molecule has 0 heterocycles. The first kappa shape index (κ1) is 18.8. The smallest absolute Gasteiger partial charge is 0.247 e. The van der Waals surface area contributed by atoms with Crippen molar-refractivity contribution in [2.45, 2.75) is 13.0 Å². The molecule has 0 saturated heterocycles. The number of anilines is 2. The first-order valence-electron chi connectivity index (χ1n) is 7.10. The molecule has 5 nitrogen and oxygen atoms in total. The molecule has 2 aromatic rings. The number of benzene rings is 2. The number of rotatable bonds is 5. The third-order valence-electron chi connectivity index (χ3n) is 3.36. The van der Waals surface area contributed by atoms with Gasteiger partial charge in [-0.15, -0.1) is 0 Å². The molecule has 2 aromatic carbocycles. The average molecular weight is 372 g/mol. The summed E-state index contributed by atoms with van der Waals surface area (Å²) in [6, 6.07) is 6.13. The number of hydrogen-bond acceptors (Lipinski definition) is 3.